The Hall–Kier alpha value is -3.12. The van der Waals surface area contributed by atoms with Gasteiger partial charge in [0.15, 0.2) is 0 Å². The van der Waals surface area contributed by atoms with E-state index in [9.17, 15) is 19.5 Å². The lowest BCUT2D eigenvalue weighted by atomic mass is 10.0. The van der Waals surface area contributed by atoms with Crippen molar-refractivity contribution in [2.45, 2.75) is 19.8 Å². The van der Waals surface area contributed by atoms with Crippen LogP contribution in [0.1, 0.15) is 30.9 Å². The number of hydrogen-bond acceptors (Lipinski definition) is 4. The van der Waals surface area contributed by atoms with E-state index >= 15 is 0 Å². The van der Waals surface area contributed by atoms with Gasteiger partial charge in [-0.3, -0.25) is 14.4 Å². The van der Waals surface area contributed by atoms with Crippen LogP contribution in [0.15, 0.2) is 42.5 Å². The quantitative estimate of drug-likeness (QED) is 0.619. The van der Waals surface area contributed by atoms with Crippen LogP contribution < -0.4 is 9.80 Å². The number of benzene rings is 2. The molecule has 2 aromatic carbocycles. The second kappa shape index (κ2) is 6.80. The van der Waals surface area contributed by atoms with Crippen LogP contribution in [0.5, 0.6) is 0 Å². The van der Waals surface area contributed by atoms with Crippen LogP contribution in [0, 0.1) is 0 Å². The van der Waals surface area contributed by atoms with Gasteiger partial charge >= 0.3 is 0 Å². The molecule has 0 spiro atoms. The van der Waals surface area contributed by atoms with Gasteiger partial charge in [0.25, 0.3) is 5.91 Å². The first-order valence-electron chi connectivity index (χ1n) is 8.87. The molecule has 0 bridgehead atoms. The normalized spacial score (nSPS) is 17.9. The molecule has 0 radical (unpaired) electrons. The molecule has 2 aromatic rings. The third-order valence-corrected chi connectivity index (χ3v) is 5.20. The number of aliphatic hydroxyl groups is 1. The van der Waals surface area contributed by atoms with Crippen molar-refractivity contribution in [1.82, 2.24) is 0 Å². The molecule has 0 aliphatic carbocycles. The number of halogens is 1. The van der Waals surface area contributed by atoms with E-state index in [-0.39, 0.29) is 17.2 Å². The van der Waals surface area contributed by atoms with Gasteiger partial charge in [-0.25, -0.2) is 4.90 Å². The van der Waals surface area contributed by atoms with E-state index in [0.717, 1.165) is 17.0 Å². The van der Waals surface area contributed by atoms with Gasteiger partial charge in [-0.1, -0.05) is 17.7 Å². The lowest BCUT2D eigenvalue weighted by molar-refractivity contribution is -0.122. The maximum absolute atomic E-state index is 12.8. The van der Waals surface area contributed by atoms with Gasteiger partial charge in [0, 0.05) is 41.7 Å². The van der Waals surface area contributed by atoms with E-state index in [1.807, 2.05) is 0 Å². The van der Waals surface area contributed by atoms with E-state index in [1.54, 1.807) is 41.3 Å². The zero-order valence-corrected chi connectivity index (χ0v) is 15.9. The molecule has 142 valence electrons. The lowest BCUT2D eigenvalue weighted by Gasteiger charge is -2.16. The molecule has 3 amide bonds. The summed E-state index contributed by atoms with van der Waals surface area (Å²) in [5.74, 6) is -1.21. The summed E-state index contributed by atoms with van der Waals surface area (Å²) in [6.45, 7) is 1.95. The van der Waals surface area contributed by atoms with Crippen molar-refractivity contribution < 1.29 is 19.5 Å². The fraction of sp³-hybridized carbons (Fsp3) is 0.190. The van der Waals surface area contributed by atoms with E-state index in [0.29, 0.717) is 34.8 Å². The number of imide groups is 1. The Bertz CT molecular complexity index is 1040. The Kier molecular flexibility index (Phi) is 4.43. The van der Waals surface area contributed by atoms with Crippen LogP contribution in [0.2, 0.25) is 5.02 Å². The molecule has 0 aromatic heterocycles. The summed E-state index contributed by atoms with van der Waals surface area (Å²) in [4.78, 5) is 39.4. The third kappa shape index (κ3) is 2.86. The van der Waals surface area contributed by atoms with Crippen molar-refractivity contribution in [3.63, 3.8) is 0 Å². The molecule has 6 nitrogen and oxygen atoms in total. The predicted octanol–water partition coefficient (Wildman–Crippen LogP) is 3.79. The van der Waals surface area contributed by atoms with Crippen LogP contribution in [-0.4, -0.2) is 29.4 Å². The smallest absolute Gasteiger partial charge is 0.269 e. The van der Waals surface area contributed by atoms with Crippen LogP contribution in [0.4, 0.5) is 11.4 Å². The average Bonchev–Trinajstić information content (AvgIpc) is 3.21. The zero-order valence-electron chi connectivity index (χ0n) is 15.1. The monoisotopic (exact) mass is 396 g/mol. The van der Waals surface area contributed by atoms with E-state index < -0.39 is 11.8 Å². The summed E-state index contributed by atoms with van der Waals surface area (Å²) in [6, 6.07) is 11.5. The molecule has 0 saturated carbocycles. The van der Waals surface area contributed by atoms with Crippen LogP contribution in [0.25, 0.3) is 11.3 Å². The van der Waals surface area contributed by atoms with Gasteiger partial charge in [0.05, 0.1) is 11.3 Å². The number of hydrogen-bond donors (Lipinski definition) is 1. The highest BCUT2D eigenvalue weighted by Crippen LogP contribution is 2.41. The summed E-state index contributed by atoms with van der Waals surface area (Å²) >= 11 is 6.02. The highest BCUT2D eigenvalue weighted by molar-refractivity contribution is 6.43. The summed E-state index contributed by atoms with van der Waals surface area (Å²) in [5.41, 5.74) is 2.02. The molecular weight excluding hydrogens is 380 g/mol. The number of nitrogens with zero attached hydrogens (tertiary/aromatic N) is 2. The summed E-state index contributed by atoms with van der Waals surface area (Å²) < 4.78 is 0. The maximum Gasteiger partial charge on any atom is 0.269 e. The van der Waals surface area contributed by atoms with Gasteiger partial charge in [0.2, 0.25) is 11.8 Å². The Morgan fingerprint density at radius 2 is 1.82 bits per heavy atom. The second-order valence-electron chi connectivity index (χ2n) is 6.74. The maximum atomic E-state index is 12.8. The topological polar surface area (TPSA) is 77.9 Å². The number of rotatable bonds is 2. The van der Waals surface area contributed by atoms with Crippen LogP contribution in [0.3, 0.4) is 0 Å². The van der Waals surface area contributed by atoms with Gasteiger partial charge in [-0.05, 0) is 42.8 Å². The molecule has 4 rings (SSSR count). The first-order valence-corrected chi connectivity index (χ1v) is 9.25. The molecule has 0 unspecified atom stereocenters. The van der Waals surface area contributed by atoms with Gasteiger partial charge in [0.1, 0.15) is 5.76 Å². The Morgan fingerprint density at radius 1 is 1.11 bits per heavy atom. The molecule has 28 heavy (non-hydrogen) atoms. The zero-order chi connectivity index (χ0) is 20.0. The molecule has 1 fully saturated rings. The third-order valence-electron chi connectivity index (χ3n) is 4.96. The highest BCUT2D eigenvalue weighted by atomic mass is 35.5. The molecular formula is C21H17ClN2O4. The molecule has 1 saturated heterocycles. The van der Waals surface area contributed by atoms with E-state index in [4.69, 9.17) is 11.6 Å². The molecule has 0 atom stereocenters. The highest BCUT2D eigenvalue weighted by Gasteiger charge is 2.37. The summed E-state index contributed by atoms with van der Waals surface area (Å²) in [5, 5.41) is 11.2. The molecule has 2 heterocycles. The number of amides is 3. The van der Waals surface area contributed by atoms with Crippen molar-refractivity contribution in [3.05, 3.63) is 58.6 Å². The minimum absolute atomic E-state index is 0.0480. The fourth-order valence-electron chi connectivity index (χ4n) is 3.64. The average molecular weight is 397 g/mol. The van der Waals surface area contributed by atoms with E-state index in [1.165, 1.54) is 13.0 Å². The predicted molar refractivity (Wildman–Crippen MR) is 107 cm³/mol. The van der Waals surface area contributed by atoms with Gasteiger partial charge in [-0.15, -0.1) is 0 Å². The minimum Gasteiger partial charge on any atom is -0.506 e. The Labute approximate surface area is 166 Å². The number of carbonyl (C=O) groups is 3. The second-order valence-corrected chi connectivity index (χ2v) is 7.18. The molecule has 7 heteroatoms. The largest absolute Gasteiger partial charge is 0.506 e. The number of aliphatic hydroxyl groups excluding tert-OH is 1. The summed E-state index contributed by atoms with van der Waals surface area (Å²) in [6.07, 6.45) is 1.36. The van der Waals surface area contributed by atoms with Crippen LogP contribution >= 0.6 is 11.6 Å². The fourth-order valence-corrected chi connectivity index (χ4v) is 3.81. The van der Waals surface area contributed by atoms with E-state index in [2.05, 4.69) is 0 Å². The molecule has 2 aliphatic heterocycles. The SMILES string of the molecule is CC(=O)N1C(=O)C(=C(O)c2ccc(N3CCCC3=O)cc2)c2ccc(Cl)cc21. The van der Waals surface area contributed by atoms with Crippen molar-refractivity contribution >= 4 is 52.0 Å². The number of fused-ring (bicyclic) bond motifs is 1. The number of anilines is 2. The molecule has 2 aliphatic rings. The van der Waals surface area contributed by atoms with Gasteiger partial charge in [-0.2, -0.15) is 0 Å². The van der Waals surface area contributed by atoms with Crippen molar-refractivity contribution in [2.75, 3.05) is 16.3 Å². The van der Waals surface area contributed by atoms with Crippen LogP contribution in [-0.2, 0) is 14.4 Å². The Morgan fingerprint density at radius 3 is 2.43 bits per heavy atom. The first kappa shape index (κ1) is 18.3. The van der Waals surface area contributed by atoms with Crippen molar-refractivity contribution in [2.24, 2.45) is 0 Å². The number of carbonyl (C=O) groups excluding carboxylic acids is 3. The first-order chi connectivity index (χ1) is 13.4. The minimum atomic E-state index is -0.596. The summed E-state index contributed by atoms with van der Waals surface area (Å²) in [7, 11) is 0. The standard InChI is InChI=1S/C21H17ClN2O4/c1-12(25)24-17-11-14(22)6-9-16(17)19(21(24)28)20(27)13-4-7-15(8-5-13)23-10-2-3-18(23)26/h4-9,11,27H,2-3,10H2,1H3. The lowest BCUT2D eigenvalue weighted by Crippen LogP contribution is -2.31. The van der Waals surface area contributed by atoms with Crippen molar-refractivity contribution in [1.29, 1.82) is 0 Å². The van der Waals surface area contributed by atoms with Crippen molar-refractivity contribution in [3.8, 4) is 0 Å². The Balaban J connectivity index is 1.77. The van der Waals surface area contributed by atoms with Gasteiger partial charge < -0.3 is 10.0 Å². The molecule has 1 N–H and O–H groups in total.